The third kappa shape index (κ3) is 8.15. The van der Waals surface area contributed by atoms with E-state index in [2.05, 4.69) is 35.2 Å². The predicted molar refractivity (Wildman–Crippen MR) is 180 cm³/mol. The zero-order valence-electron chi connectivity index (χ0n) is 26.7. The molecule has 18 heteroatoms. The average molecular weight is 722 g/mol. The molecule has 0 amide bonds. The summed E-state index contributed by atoms with van der Waals surface area (Å²) >= 11 is 0. The SMILES string of the molecule is COc1ccc(NS(=O)(=O)c2ccc(N=C3C=C(Nc4ccc(S(=O)(=O)Nc5ccc(OC)nn5)cc4)C(=O)c4ccccc43)cc2)nn1.[Na+]. The van der Waals surface area contributed by atoms with Gasteiger partial charge in [-0.1, -0.05) is 24.3 Å². The van der Waals surface area contributed by atoms with E-state index in [0.29, 0.717) is 28.2 Å². The number of methoxy groups -OCH3 is 2. The number of rotatable bonds is 11. The summed E-state index contributed by atoms with van der Waals surface area (Å²) in [5.74, 6) is 0.223. The van der Waals surface area contributed by atoms with Crippen molar-refractivity contribution in [2.24, 2.45) is 4.99 Å². The normalized spacial score (nSPS) is 13.4. The third-order valence-electron chi connectivity index (χ3n) is 6.99. The smallest absolute Gasteiger partial charge is 0.480 e. The molecule has 50 heavy (non-hydrogen) atoms. The number of Topliss-reactive ketones (excluding diaryl/α,β-unsaturated/α-hetero) is 1. The fraction of sp³-hybridized carbons (Fsp3) is 0.0625. The second-order valence-corrected chi connectivity index (χ2v) is 13.6. The summed E-state index contributed by atoms with van der Waals surface area (Å²) in [7, 11) is -5.11. The van der Waals surface area contributed by atoms with E-state index in [1.54, 1.807) is 30.3 Å². The standard InChI is InChI=1S/C32H26N8O7S2.Na/c1-46-30-17-15-28(35-37-30)39-48(42,43)22-11-7-20(8-12-22)33-26-19-27(32(41)25-6-4-3-5-24(25)26)34-21-9-13-23(14-10-21)49(44,45)40-29-16-18-31(47-2)38-36-29;/h3-19,34H,1-2H3,(H,35,39)(H,36,40);/q;+1. The minimum atomic E-state index is -3.98. The van der Waals surface area contributed by atoms with Crippen LogP contribution in [0.2, 0.25) is 0 Å². The van der Waals surface area contributed by atoms with Crippen LogP contribution in [-0.4, -0.2) is 62.9 Å². The predicted octanol–water partition coefficient (Wildman–Crippen LogP) is 1.20. The van der Waals surface area contributed by atoms with Crippen LogP contribution in [0.15, 0.2) is 124 Å². The summed E-state index contributed by atoms with van der Waals surface area (Å²) in [4.78, 5) is 18.1. The second kappa shape index (κ2) is 15.1. The molecule has 1 aliphatic carbocycles. The molecule has 0 radical (unpaired) electrons. The maximum absolute atomic E-state index is 13.4. The van der Waals surface area contributed by atoms with Gasteiger partial charge in [0.2, 0.25) is 17.5 Å². The first-order chi connectivity index (χ1) is 23.5. The van der Waals surface area contributed by atoms with Crippen molar-refractivity contribution in [1.29, 1.82) is 0 Å². The van der Waals surface area contributed by atoms with E-state index in [1.165, 1.54) is 87.0 Å². The number of allylic oxidation sites excluding steroid dienone is 2. The number of nitrogens with zero attached hydrogens (tertiary/aromatic N) is 5. The topological polar surface area (TPSA) is 204 Å². The van der Waals surface area contributed by atoms with Crippen molar-refractivity contribution in [2.45, 2.75) is 9.79 Å². The molecule has 5 aromatic rings. The Morgan fingerprint density at radius 3 is 1.60 bits per heavy atom. The van der Waals surface area contributed by atoms with E-state index in [-0.39, 0.29) is 74.2 Å². The number of benzene rings is 3. The van der Waals surface area contributed by atoms with Crippen LogP contribution < -0.4 is 53.8 Å². The van der Waals surface area contributed by atoms with Gasteiger partial charge < -0.3 is 14.8 Å². The van der Waals surface area contributed by atoms with Crippen molar-refractivity contribution in [1.82, 2.24) is 20.4 Å². The molecule has 3 aromatic carbocycles. The first-order valence-electron chi connectivity index (χ1n) is 14.3. The first-order valence-corrected chi connectivity index (χ1v) is 17.2. The Morgan fingerprint density at radius 2 is 1.12 bits per heavy atom. The summed E-state index contributed by atoms with van der Waals surface area (Å²) in [5.41, 5.74) is 2.52. The van der Waals surface area contributed by atoms with Gasteiger partial charge in [0.25, 0.3) is 20.0 Å². The van der Waals surface area contributed by atoms with Crippen molar-refractivity contribution >= 4 is 54.6 Å². The zero-order chi connectivity index (χ0) is 34.6. The number of carbonyl (C=O) groups is 1. The van der Waals surface area contributed by atoms with Crippen molar-refractivity contribution < 1.29 is 60.7 Å². The number of aliphatic imine (C=N–C) groups is 1. The quantitative estimate of drug-likeness (QED) is 0.165. The molecule has 248 valence electrons. The molecular formula is C32H26N8NaO7S2+. The molecule has 0 aliphatic heterocycles. The molecule has 2 heterocycles. The van der Waals surface area contributed by atoms with Crippen LogP contribution in [0.3, 0.4) is 0 Å². The van der Waals surface area contributed by atoms with Crippen LogP contribution in [0, 0.1) is 0 Å². The number of aromatic nitrogens is 4. The molecule has 6 rings (SSSR count). The molecule has 0 saturated carbocycles. The van der Waals surface area contributed by atoms with Gasteiger partial charge in [0, 0.05) is 28.9 Å². The fourth-order valence-electron chi connectivity index (χ4n) is 4.59. The molecule has 0 atom stereocenters. The van der Waals surface area contributed by atoms with Crippen LogP contribution in [0.4, 0.5) is 23.0 Å². The molecule has 0 fully saturated rings. The number of carbonyl (C=O) groups excluding carboxylic acids is 1. The van der Waals surface area contributed by atoms with Crippen LogP contribution in [0.25, 0.3) is 0 Å². The van der Waals surface area contributed by atoms with E-state index < -0.39 is 20.0 Å². The van der Waals surface area contributed by atoms with Crippen molar-refractivity contribution in [3.63, 3.8) is 0 Å². The van der Waals surface area contributed by atoms with Gasteiger partial charge >= 0.3 is 29.6 Å². The van der Waals surface area contributed by atoms with E-state index in [0.717, 1.165) is 0 Å². The van der Waals surface area contributed by atoms with Crippen LogP contribution in [0.1, 0.15) is 15.9 Å². The molecule has 0 spiro atoms. The fourth-order valence-corrected chi connectivity index (χ4v) is 6.58. The van der Waals surface area contributed by atoms with Crippen LogP contribution in [-0.2, 0) is 20.0 Å². The summed E-state index contributed by atoms with van der Waals surface area (Å²) in [5, 5.41) is 18.1. The minimum Gasteiger partial charge on any atom is -0.480 e. The second-order valence-electron chi connectivity index (χ2n) is 10.2. The molecule has 0 saturated heterocycles. The van der Waals surface area contributed by atoms with Gasteiger partial charge in [-0.25, -0.2) is 21.8 Å². The largest absolute Gasteiger partial charge is 1.00 e. The molecule has 1 aliphatic rings. The zero-order valence-corrected chi connectivity index (χ0v) is 30.4. The van der Waals surface area contributed by atoms with Crippen molar-refractivity contribution in [3.05, 3.63) is 120 Å². The Morgan fingerprint density at radius 1 is 0.620 bits per heavy atom. The van der Waals surface area contributed by atoms with E-state index in [9.17, 15) is 21.6 Å². The molecule has 3 N–H and O–H groups in total. The van der Waals surface area contributed by atoms with E-state index in [1.807, 2.05) is 0 Å². The minimum absolute atomic E-state index is 0. The third-order valence-corrected chi connectivity index (χ3v) is 9.73. The maximum Gasteiger partial charge on any atom is 1.00 e. The Balaban J connectivity index is 0.00000486. The maximum atomic E-state index is 13.4. The molecule has 0 unspecified atom stereocenters. The number of ketones is 1. The molecular weight excluding hydrogens is 696 g/mol. The Kier molecular flexibility index (Phi) is 10.9. The van der Waals surface area contributed by atoms with Gasteiger partial charge in [0.05, 0.1) is 41.1 Å². The van der Waals surface area contributed by atoms with E-state index in [4.69, 9.17) is 14.5 Å². The first kappa shape index (κ1) is 36.1. The Hall–Kier alpha value is -5.20. The summed E-state index contributed by atoms with van der Waals surface area (Å²) < 4.78 is 66.2. The molecule has 0 bridgehead atoms. The number of nitrogens with one attached hydrogen (secondary N) is 3. The average Bonchev–Trinajstić information content (AvgIpc) is 3.11. The van der Waals surface area contributed by atoms with Gasteiger partial charge in [-0.05, 0) is 66.7 Å². The number of anilines is 3. The van der Waals surface area contributed by atoms with Crippen molar-refractivity contribution in [2.75, 3.05) is 29.0 Å². The van der Waals surface area contributed by atoms with Gasteiger partial charge in [-0.3, -0.25) is 14.2 Å². The monoisotopic (exact) mass is 721 g/mol. The molecule has 2 aromatic heterocycles. The number of hydrogen-bond acceptors (Lipinski definition) is 13. The van der Waals surface area contributed by atoms with Crippen LogP contribution >= 0.6 is 0 Å². The number of sulfonamides is 2. The van der Waals surface area contributed by atoms with Gasteiger partial charge in [-0.15, -0.1) is 20.4 Å². The van der Waals surface area contributed by atoms with E-state index >= 15 is 0 Å². The van der Waals surface area contributed by atoms with Gasteiger partial charge in [-0.2, -0.15) is 0 Å². The summed E-state index contributed by atoms with van der Waals surface area (Å²) in [6, 6.07) is 24.4. The van der Waals surface area contributed by atoms with Gasteiger partial charge in [0.1, 0.15) is 0 Å². The summed E-state index contributed by atoms with van der Waals surface area (Å²) in [6.45, 7) is 0. The number of ether oxygens (including phenoxy) is 2. The number of hydrogen-bond donors (Lipinski definition) is 3. The molecule has 15 nitrogen and oxygen atoms in total. The Labute approximate surface area is 309 Å². The Bertz CT molecular complexity index is 2300. The van der Waals surface area contributed by atoms with Crippen molar-refractivity contribution in [3.8, 4) is 11.8 Å². The van der Waals surface area contributed by atoms with Crippen LogP contribution in [0.5, 0.6) is 11.8 Å². The van der Waals surface area contributed by atoms with Gasteiger partial charge in [0.15, 0.2) is 11.6 Å². The summed E-state index contributed by atoms with van der Waals surface area (Å²) in [6.07, 6.45) is 1.58. The number of fused-ring (bicyclic) bond motifs is 1.